The molecule has 2 nitrogen and oxygen atoms in total. The number of halogens is 3. The van der Waals surface area contributed by atoms with Crippen LogP contribution in [0.1, 0.15) is 5.56 Å². The van der Waals surface area contributed by atoms with Crippen molar-refractivity contribution in [2.45, 2.75) is 6.54 Å². The fraction of sp³-hybridized carbons (Fsp3) is 0.200. The maximum absolute atomic E-state index is 13.3. The highest BCUT2D eigenvalue weighted by Crippen LogP contribution is 2.27. The van der Waals surface area contributed by atoms with E-state index in [0.717, 1.165) is 11.3 Å². The van der Waals surface area contributed by atoms with E-state index >= 15 is 0 Å². The summed E-state index contributed by atoms with van der Waals surface area (Å²) >= 11 is 11.5. The number of anilines is 2. The Bertz CT molecular complexity index is 574. The zero-order chi connectivity index (χ0) is 14.7. The van der Waals surface area contributed by atoms with Gasteiger partial charge in [0.05, 0.1) is 10.0 Å². The molecule has 0 atom stereocenters. The van der Waals surface area contributed by atoms with E-state index in [1.165, 1.54) is 12.1 Å². The predicted octanol–water partition coefficient (Wildman–Crippen LogP) is 4.81. The summed E-state index contributed by atoms with van der Waals surface area (Å²) in [6, 6.07) is 11.2. The number of nitrogens with one attached hydrogen (secondary N) is 1. The molecule has 0 radical (unpaired) electrons. The first kappa shape index (κ1) is 14.9. The molecule has 0 amide bonds. The molecule has 0 aliphatic rings. The molecule has 2 aromatic rings. The van der Waals surface area contributed by atoms with Crippen LogP contribution in [0.5, 0.6) is 0 Å². The Labute approximate surface area is 128 Å². The van der Waals surface area contributed by atoms with E-state index in [4.69, 9.17) is 23.2 Å². The molecule has 2 aromatic carbocycles. The minimum absolute atomic E-state index is 0.0166. The van der Waals surface area contributed by atoms with Crippen molar-refractivity contribution in [1.29, 1.82) is 0 Å². The molecule has 0 aromatic heterocycles. The Morgan fingerprint density at radius 1 is 1.05 bits per heavy atom. The van der Waals surface area contributed by atoms with Gasteiger partial charge in [0.1, 0.15) is 0 Å². The summed E-state index contributed by atoms with van der Waals surface area (Å²) in [5.74, 6) is -0.589. The largest absolute Gasteiger partial charge is 0.381 e. The predicted molar refractivity (Wildman–Crippen MR) is 84.5 cm³/mol. The van der Waals surface area contributed by atoms with Crippen molar-refractivity contribution in [2.24, 2.45) is 0 Å². The van der Waals surface area contributed by atoms with Gasteiger partial charge in [0, 0.05) is 32.0 Å². The van der Waals surface area contributed by atoms with Crippen LogP contribution >= 0.6 is 23.2 Å². The molecule has 106 valence electrons. The molecule has 0 saturated carbocycles. The first-order valence-electron chi connectivity index (χ1n) is 6.12. The van der Waals surface area contributed by atoms with Crippen molar-refractivity contribution in [3.05, 3.63) is 57.8 Å². The van der Waals surface area contributed by atoms with Gasteiger partial charge in [-0.1, -0.05) is 35.3 Å². The third-order valence-electron chi connectivity index (χ3n) is 2.93. The van der Waals surface area contributed by atoms with E-state index in [1.54, 1.807) is 0 Å². The lowest BCUT2D eigenvalue weighted by Crippen LogP contribution is -2.08. The van der Waals surface area contributed by atoms with Crippen molar-refractivity contribution >= 4 is 34.6 Å². The van der Waals surface area contributed by atoms with Crippen LogP contribution in [0.3, 0.4) is 0 Å². The topological polar surface area (TPSA) is 15.3 Å². The second-order valence-electron chi connectivity index (χ2n) is 4.67. The third kappa shape index (κ3) is 3.56. The average Bonchev–Trinajstić information content (AvgIpc) is 2.42. The quantitative estimate of drug-likeness (QED) is 0.815. The summed E-state index contributed by atoms with van der Waals surface area (Å²) in [4.78, 5) is 2.04. The number of hydrogen-bond donors (Lipinski definition) is 1. The fourth-order valence-electron chi connectivity index (χ4n) is 1.77. The van der Waals surface area contributed by atoms with E-state index < -0.39 is 5.82 Å². The molecule has 1 N–H and O–H groups in total. The highest BCUT2D eigenvalue weighted by molar-refractivity contribution is 6.35. The average molecular weight is 313 g/mol. The Morgan fingerprint density at radius 3 is 2.10 bits per heavy atom. The molecular weight excluding hydrogens is 298 g/mol. The molecule has 0 bridgehead atoms. The molecule has 0 heterocycles. The summed E-state index contributed by atoms with van der Waals surface area (Å²) in [6.07, 6.45) is 0. The second-order valence-corrected chi connectivity index (χ2v) is 5.48. The summed E-state index contributed by atoms with van der Waals surface area (Å²) in [6.45, 7) is 0.617. The normalized spacial score (nSPS) is 10.4. The minimum Gasteiger partial charge on any atom is -0.381 e. The van der Waals surface area contributed by atoms with Crippen LogP contribution in [0.2, 0.25) is 10.0 Å². The van der Waals surface area contributed by atoms with Gasteiger partial charge in [-0.2, -0.15) is 0 Å². The van der Waals surface area contributed by atoms with E-state index in [1.807, 2.05) is 43.3 Å². The number of benzene rings is 2. The zero-order valence-electron chi connectivity index (χ0n) is 11.3. The Balaban J connectivity index is 2.05. The van der Waals surface area contributed by atoms with Gasteiger partial charge in [-0.15, -0.1) is 0 Å². The van der Waals surface area contributed by atoms with Crippen LogP contribution in [-0.2, 0) is 6.54 Å². The Morgan fingerprint density at radius 2 is 1.60 bits per heavy atom. The van der Waals surface area contributed by atoms with Crippen LogP contribution in [0, 0.1) is 5.82 Å². The molecule has 5 heteroatoms. The first-order valence-corrected chi connectivity index (χ1v) is 6.87. The van der Waals surface area contributed by atoms with Crippen molar-refractivity contribution in [1.82, 2.24) is 0 Å². The maximum Gasteiger partial charge on any atom is 0.160 e. The molecule has 20 heavy (non-hydrogen) atoms. The SMILES string of the molecule is CN(C)c1ccc(CNc2cc(Cl)c(F)c(Cl)c2)cc1. The lowest BCUT2D eigenvalue weighted by Gasteiger charge is -2.13. The Hall–Kier alpha value is -1.45. The summed E-state index contributed by atoms with van der Waals surface area (Å²) in [5.41, 5.74) is 2.95. The van der Waals surface area contributed by atoms with E-state index in [-0.39, 0.29) is 10.0 Å². The zero-order valence-corrected chi connectivity index (χ0v) is 12.8. The van der Waals surface area contributed by atoms with E-state index in [9.17, 15) is 4.39 Å². The number of rotatable bonds is 4. The van der Waals surface area contributed by atoms with Crippen molar-refractivity contribution in [3.8, 4) is 0 Å². The van der Waals surface area contributed by atoms with Gasteiger partial charge in [-0.3, -0.25) is 0 Å². The Kier molecular flexibility index (Phi) is 4.73. The van der Waals surface area contributed by atoms with Crippen LogP contribution in [0.15, 0.2) is 36.4 Å². The fourth-order valence-corrected chi connectivity index (χ4v) is 2.26. The highest BCUT2D eigenvalue weighted by atomic mass is 35.5. The van der Waals surface area contributed by atoms with Crippen LogP contribution < -0.4 is 10.2 Å². The van der Waals surface area contributed by atoms with Gasteiger partial charge in [0.2, 0.25) is 0 Å². The standard InChI is InChI=1S/C15H15Cl2FN2/c1-20(2)12-5-3-10(4-6-12)9-19-11-7-13(16)15(18)14(17)8-11/h3-8,19H,9H2,1-2H3. The van der Waals surface area contributed by atoms with Crippen LogP contribution in [0.25, 0.3) is 0 Å². The van der Waals surface area contributed by atoms with Gasteiger partial charge in [0.15, 0.2) is 5.82 Å². The summed E-state index contributed by atoms with van der Waals surface area (Å²) in [5, 5.41) is 3.20. The molecule has 0 spiro atoms. The summed E-state index contributed by atoms with van der Waals surface area (Å²) < 4.78 is 13.3. The van der Waals surface area contributed by atoms with Crippen molar-refractivity contribution < 1.29 is 4.39 Å². The first-order chi connectivity index (χ1) is 9.47. The minimum atomic E-state index is -0.589. The van der Waals surface area contributed by atoms with Crippen LogP contribution in [0.4, 0.5) is 15.8 Å². The molecule has 0 aliphatic heterocycles. The molecular formula is C15H15Cl2FN2. The monoisotopic (exact) mass is 312 g/mol. The molecule has 0 aliphatic carbocycles. The number of nitrogens with zero attached hydrogens (tertiary/aromatic N) is 1. The highest BCUT2D eigenvalue weighted by Gasteiger charge is 2.07. The van der Waals surface area contributed by atoms with Crippen molar-refractivity contribution in [2.75, 3.05) is 24.3 Å². The molecule has 0 fully saturated rings. The van der Waals surface area contributed by atoms with Gasteiger partial charge in [-0.05, 0) is 29.8 Å². The lowest BCUT2D eigenvalue weighted by molar-refractivity contribution is 0.629. The maximum atomic E-state index is 13.3. The third-order valence-corrected chi connectivity index (χ3v) is 3.48. The molecule has 0 saturated heterocycles. The summed E-state index contributed by atoms with van der Waals surface area (Å²) in [7, 11) is 3.99. The number of hydrogen-bond acceptors (Lipinski definition) is 2. The lowest BCUT2D eigenvalue weighted by atomic mass is 10.2. The van der Waals surface area contributed by atoms with Gasteiger partial charge in [-0.25, -0.2) is 4.39 Å². The van der Waals surface area contributed by atoms with E-state index in [0.29, 0.717) is 12.2 Å². The van der Waals surface area contributed by atoms with Gasteiger partial charge in [0.25, 0.3) is 0 Å². The van der Waals surface area contributed by atoms with Crippen LogP contribution in [-0.4, -0.2) is 14.1 Å². The van der Waals surface area contributed by atoms with Gasteiger partial charge < -0.3 is 10.2 Å². The van der Waals surface area contributed by atoms with Gasteiger partial charge >= 0.3 is 0 Å². The van der Waals surface area contributed by atoms with E-state index in [2.05, 4.69) is 5.32 Å². The molecule has 2 rings (SSSR count). The molecule has 0 unspecified atom stereocenters. The second kappa shape index (κ2) is 6.33. The van der Waals surface area contributed by atoms with Crippen molar-refractivity contribution in [3.63, 3.8) is 0 Å². The smallest absolute Gasteiger partial charge is 0.160 e.